The fourth-order valence-electron chi connectivity index (χ4n) is 1.99. The number of aliphatic hydroxyl groups is 2. The van der Waals surface area contributed by atoms with Crippen molar-refractivity contribution in [3.05, 3.63) is 29.3 Å². The van der Waals surface area contributed by atoms with E-state index < -0.39 is 18.2 Å². The molecular weight excluding hydrogens is 308 g/mol. The van der Waals surface area contributed by atoms with E-state index in [1.807, 2.05) is 0 Å². The number of benzene rings is 1. The van der Waals surface area contributed by atoms with E-state index in [0.29, 0.717) is 22.6 Å². The van der Waals surface area contributed by atoms with Gasteiger partial charge in [0.05, 0.1) is 19.6 Å². The number of hydrogen-bond acceptors (Lipinski definition) is 6. The molecule has 0 saturated carbocycles. The monoisotopic (exact) mass is 328 g/mol. The van der Waals surface area contributed by atoms with E-state index in [1.165, 1.54) is 20.1 Å². The summed E-state index contributed by atoms with van der Waals surface area (Å²) < 4.78 is 5.07. The summed E-state index contributed by atoms with van der Waals surface area (Å²) in [6.07, 6.45) is -2.37. The Morgan fingerprint density at radius 1 is 1.32 bits per heavy atom. The van der Waals surface area contributed by atoms with Crippen LogP contribution in [0.2, 0.25) is 0 Å². The minimum Gasteiger partial charge on any atom is -0.497 e. The number of carbonyl (C=O) groups excluding carboxylic acids is 1. The van der Waals surface area contributed by atoms with E-state index in [1.54, 1.807) is 12.1 Å². The largest absolute Gasteiger partial charge is 0.497 e. The fraction of sp³-hybridized carbons (Fsp3) is 0.467. The highest BCUT2D eigenvalue weighted by atomic mass is 32.2. The summed E-state index contributed by atoms with van der Waals surface area (Å²) >= 11 is 1.07. The number of carboxylic acids is 1. The van der Waals surface area contributed by atoms with Gasteiger partial charge in [-0.1, -0.05) is 17.8 Å². The van der Waals surface area contributed by atoms with Gasteiger partial charge in [0.25, 0.3) is 0 Å². The van der Waals surface area contributed by atoms with E-state index in [0.717, 1.165) is 11.8 Å². The maximum atomic E-state index is 10.9. The first-order valence-electron chi connectivity index (χ1n) is 6.73. The standard InChI is InChI=1S/C15H20O6S/c1-9(16)22-6-5-13(17)15(20)12-8-11(21-2)4-3-10(12)7-14(18)19/h3-4,8,13,15,17,20H,5-7H2,1-2H3,(H,18,19). The maximum Gasteiger partial charge on any atom is 0.307 e. The molecule has 0 amide bonds. The van der Waals surface area contributed by atoms with Gasteiger partial charge >= 0.3 is 5.97 Å². The quantitative estimate of drug-likeness (QED) is 0.662. The molecule has 2 unspecified atom stereocenters. The van der Waals surface area contributed by atoms with Gasteiger partial charge in [-0.05, 0) is 29.7 Å². The van der Waals surface area contributed by atoms with Gasteiger partial charge in [0.15, 0.2) is 5.12 Å². The van der Waals surface area contributed by atoms with Crippen molar-refractivity contribution < 1.29 is 29.6 Å². The molecule has 22 heavy (non-hydrogen) atoms. The van der Waals surface area contributed by atoms with Gasteiger partial charge in [0.1, 0.15) is 11.9 Å². The predicted molar refractivity (Wildman–Crippen MR) is 83.1 cm³/mol. The van der Waals surface area contributed by atoms with Crippen LogP contribution in [-0.4, -0.2) is 45.4 Å². The van der Waals surface area contributed by atoms with Crippen LogP contribution in [0.4, 0.5) is 0 Å². The molecule has 0 radical (unpaired) electrons. The third-order valence-electron chi connectivity index (χ3n) is 3.10. The number of carboxylic acid groups (broad SMARTS) is 1. The molecular formula is C15H20O6S. The second-order valence-electron chi connectivity index (χ2n) is 4.78. The van der Waals surface area contributed by atoms with Crippen molar-refractivity contribution in [2.45, 2.75) is 32.0 Å². The van der Waals surface area contributed by atoms with Crippen molar-refractivity contribution in [3.8, 4) is 5.75 Å². The maximum absolute atomic E-state index is 10.9. The predicted octanol–water partition coefficient (Wildman–Crippen LogP) is 1.39. The first-order valence-corrected chi connectivity index (χ1v) is 7.71. The Morgan fingerprint density at radius 3 is 2.55 bits per heavy atom. The summed E-state index contributed by atoms with van der Waals surface area (Å²) in [4.78, 5) is 21.8. The smallest absolute Gasteiger partial charge is 0.307 e. The van der Waals surface area contributed by atoms with Gasteiger partial charge in [0.2, 0.25) is 0 Å². The topological polar surface area (TPSA) is 104 Å². The van der Waals surface area contributed by atoms with Crippen LogP contribution in [0.5, 0.6) is 5.75 Å². The van der Waals surface area contributed by atoms with Crippen LogP contribution in [0.15, 0.2) is 18.2 Å². The van der Waals surface area contributed by atoms with Crippen molar-refractivity contribution >= 4 is 22.8 Å². The van der Waals surface area contributed by atoms with Gasteiger partial charge in [0, 0.05) is 12.7 Å². The summed E-state index contributed by atoms with van der Waals surface area (Å²) in [5.74, 6) is -0.181. The Bertz CT molecular complexity index is 531. The first kappa shape index (κ1) is 18.5. The van der Waals surface area contributed by atoms with Crippen molar-refractivity contribution in [1.29, 1.82) is 0 Å². The molecule has 6 nitrogen and oxygen atoms in total. The molecule has 1 rings (SSSR count). The molecule has 0 aliphatic carbocycles. The number of aliphatic carboxylic acids is 1. The van der Waals surface area contributed by atoms with E-state index in [4.69, 9.17) is 9.84 Å². The average molecular weight is 328 g/mol. The van der Waals surface area contributed by atoms with Crippen LogP contribution in [0.1, 0.15) is 30.6 Å². The first-order chi connectivity index (χ1) is 10.3. The molecule has 0 spiro atoms. The number of methoxy groups -OCH3 is 1. The van der Waals surface area contributed by atoms with Crippen LogP contribution in [0.25, 0.3) is 0 Å². The van der Waals surface area contributed by atoms with Crippen LogP contribution >= 0.6 is 11.8 Å². The molecule has 0 aromatic heterocycles. The number of thioether (sulfide) groups is 1. The molecule has 0 aliphatic rings. The molecule has 1 aromatic rings. The number of hydrogen-bond donors (Lipinski definition) is 3. The highest BCUT2D eigenvalue weighted by molar-refractivity contribution is 8.13. The van der Waals surface area contributed by atoms with Crippen LogP contribution in [0, 0.1) is 0 Å². The molecule has 0 aliphatic heterocycles. The van der Waals surface area contributed by atoms with Gasteiger partial charge in [-0.25, -0.2) is 0 Å². The normalized spacial score (nSPS) is 13.5. The van der Waals surface area contributed by atoms with E-state index in [-0.39, 0.29) is 18.0 Å². The van der Waals surface area contributed by atoms with Crippen molar-refractivity contribution in [1.82, 2.24) is 0 Å². The zero-order chi connectivity index (χ0) is 16.7. The van der Waals surface area contributed by atoms with Gasteiger partial charge < -0.3 is 20.1 Å². The third-order valence-corrected chi connectivity index (χ3v) is 3.94. The summed E-state index contributed by atoms with van der Waals surface area (Å²) in [6.45, 7) is 1.43. The van der Waals surface area contributed by atoms with Crippen molar-refractivity contribution in [2.24, 2.45) is 0 Å². The number of aliphatic hydroxyl groups excluding tert-OH is 2. The Morgan fingerprint density at radius 2 is 2.00 bits per heavy atom. The van der Waals surface area contributed by atoms with E-state index >= 15 is 0 Å². The van der Waals surface area contributed by atoms with Gasteiger partial charge in [-0.3, -0.25) is 9.59 Å². The lowest BCUT2D eigenvalue weighted by Gasteiger charge is -2.21. The highest BCUT2D eigenvalue weighted by Crippen LogP contribution is 2.28. The Kier molecular flexibility index (Phi) is 7.37. The molecule has 3 N–H and O–H groups in total. The van der Waals surface area contributed by atoms with E-state index in [2.05, 4.69) is 0 Å². The van der Waals surface area contributed by atoms with Crippen LogP contribution in [-0.2, 0) is 16.0 Å². The Balaban J connectivity index is 2.90. The van der Waals surface area contributed by atoms with Crippen LogP contribution < -0.4 is 4.74 Å². The number of ether oxygens (including phenoxy) is 1. The molecule has 0 fully saturated rings. The number of carbonyl (C=O) groups is 2. The van der Waals surface area contributed by atoms with E-state index in [9.17, 15) is 19.8 Å². The van der Waals surface area contributed by atoms with Gasteiger partial charge in [-0.2, -0.15) is 0 Å². The minimum atomic E-state index is -1.24. The second kappa shape index (κ2) is 8.77. The average Bonchev–Trinajstić information content (AvgIpc) is 2.45. The molecule has 122 valence electrons. The van der Waals surface area contributed by atoms with Gasteiger partial charge in [-0.15, -0.1) is 0 Å². The van der Waals surface area contributed by atoms with Crippen molar-refractivity contribution in [2.75, 3.05) is 12.9 Å². The third kappa shape index (κ3) is 5.67. The van der Waals surface area contributed by atoms with Crippen molar-refractivity contribution in [3.63, 3.8) is 0 Å². The lowest BCUT2D eigenvalue weighted by Crippen LogP contribution is -2.21. The fourth-order valence-corrected chi connectivity index (χ4v) is 2.63. The molecule has 0 saturated heterocycles. The SMILES string of the molecule is COc1ccc(CC(=O)O)c(C(O)C(O)CCSC(C)=O)c1. The Hall–Kier alpha value is -1.57. The van der Waals surface area contributed by atoms with Crippen LogP contribution in [0.3, 0.4) is 0 Å². The zero-order valence-electron chi connectivity index (χ0n) is 12.5. The summed E-state index contributed by atoms with van der Waals surface area (Å²) in [5.41, 5.74) is 0.737. The zero-order valence-corrected chi connectivity index (χ0v) is 13.3. The molecule has 7 heteroatoms. The molecule has 1 aromatic carbocycles. The molecule has 2 atom stereocenters. The minimum absolute atomic E-state index is 0.0605. The lowest BCUT2D eigenvalue weighted by atomic mass is 9.95. The Labute approximate surface area is 133 Å². The highest BCUT2D eigenvalue weighted by Gasteiger charge is 2.22. The molecule has 0 bridgehead atoms. The molecule has 0 heterocycles. The summed E-state index contributed by atoms with van der Waals surface area (Å²) in [7, 11) is 1.46. The lowest BCUT2D eigenvalue weighted by molar-refractivity contribution is -0.136. The number of rotatable bonds is 8. The second-order valence-corrected chi connectivity index (χ2v) is 6.05. The summed E-state index contributed by atoms with van der Waals surface area (Å²) in [6, 6.07) is 4.68. The summed E-state index contributed by atoms with van der Waals surface area (Å²) in [5, 5.41) is 29.2.